The quantitative estimate of drug-likeness (QED) is 0.858. The molecule has 0 aliphatic heterocycles. The molecular formula is C15H26N4. The fourth-order valence-corrected chi connectivity index (χ4v) is 2.55. The van der Waals surface area contributed by atoms with Crippen LogP contribution in [0.2, 0.25) is 0 Å². The first-order chi connectivity index (χ1) is 8.79. The average Bonchev–Trinajstić information content (AvgIpc) is 2.69. The van der Waals surface area contributed by atoms with Crippen LogP contribution in [-0.4, -0.2) is 16.0 Å². The zero-order chi connectivity index (χ0) is 14.2. The Labute approximate surface area is 116 Å². The molecule has 0 bridgehead atoms. The zero-order valence-electron chi connectivity index (χ0n) is 12.7. The van der Waals surface area contributed by atoms with Crippen molar-refractivity contribution in [1.29, 1.82) is 0 Å². The van der Waals surface area contributed by atoms with Gasteiger partial charge in [0, 0.05) is 17.0 Å². The molecule has 0 aromatic carbocycles. The van der Waals surface area contributed by atoms with Crippen molar-refractivity contribution in [3.63, 3.8) is 0 Å². The van der Waals surface area contributed by atoms with Crippen LogP contribution >= 0.6 is 0 Å². The minimum atomic E-state index is -0.0838. The maximum absolute atomic E-state index is 6.04. The smallest absolute Gasteiger partial charge is 0.138 e. The zero-order valence-corrected chi connectivity index (χ0v) is 12.7. The van der Waals surface area contributed by atoms with E-state index in [0.29, 0.717) is 17.8 Å². The first-order valence-corrected chi connectivity index (χ1v) is 7.20. The fourth-order valence-electron chi connectivity index (χ4n) is 2.55. The van der Waals surface area contributed by atoms with Crippen molar-refractivity contribution in [2.24, 2.45) is 5.92 Å². The Hall–Kier alpha value is -1.32. The maximum atomic E-state index is 6.04. The molecule has 1 aromatic rings. The van der Waals surface area contributed by atoms with Gasteiger partial charge >= 0.3 is 0 Å². The third-order valence-corrected chi connectivity index (χ3v) is 4.04. The highest BCUT2D eigenvalue weighted by atomic mass is 15.1. The molecule has 1 aromatic heterocycles. The van der Waals surface area contributed by atoms with E-state index in [1.54, 1.807) is 0 Å². The molecule has 19 heavy (non-hydrogen) atoms. The Morgan fingerprint density at radius 1 is 1.21 bits per heavy atom. The third kappa shape index (κ3) is 2.99. The highest BCUT2D eigenvalue weighted by molar-refractivity contribution is 5.55. The van der Waals surface area contributed by atoms with Crippen LogP contribution in [-0.2, 0) is 5.41 Å². The molecule has 1 heterocycles. The lowest BCUT2D eigenvalue weighted by Gasteiger charge is -2.23. The molecule has 2 unspecified atom stereocenters. The van der Waals surface area contributed by atoms with E-state index in [-0.39, 0.29) is 5.41 Å². The van der Waals surface area contributed by atoms with Gasteiger partial charge < -0.3 is 11.1 Å². The lowest BCUT2D eigenvalue weighted by molar-refractivity contribution is 0.537. The Kier molecular flexibility index (Phi) is 3.70. The number of anilines is 2. The van der Waals surface area contributed by atoms with Crippen LogP contribution in [0.3, 0.4) is 0 Å². The number of hydrogen-bond acceptors (Lipinski definition) is 4. The summed E-state index contributed by atoms with van der Waals surface area (Å²) in [5, 5.41) is 3.58. The maximum Gasteiger partial charge on any atom is 0.138 e. The van der Waals surface area contributed by atoms with Crippen LogP contribution in [0, 0.1) is 12.8 Å². The summed E-state index contributed by atoms with van der Waals surface area (Å²) >= 11 is 0. The highest BCUT2D eigenvalue weighted by Crippen LogP contribution is 2.30. The molecule has 2 atom stereocenters. The third-order valence-electron chi connectivity index (χ3n) is 4.04. The van der Waals surface area contributed by atoms with Gasteiger partial charge in [-0.25, -0.2) is 9.97 Å². The van der Waals surface area contributed by atoms with Gasteiger partial charge in [-0.2, -0.15) is 0 Å². The normalized spacial score (nSPS) is 23.6. The molecule has 0 radical (unpaired) electrons. The number of rotatable bonds is 2. The SMILES string of the molecule is Cc1c(N)nc(C(C)(C)C)nc1NC1CCCC1C. The van der Waals surface area contributed by atoms with E-state index in [1.807, 2.05) is 6.92 Å². The average molecular weight is 262 g/mol. The number of hydrogen-bond donors (Lipinski definition) is 2. The minimum absolute atomic E-state index is 0.0838. The molecular weight excluding hydrogens is 236 g/mol. The molecule has 4 nitrogen and oxygen atoms in total. The molecule has 106 valence electrons. The second-order valence-electron chi connectivity index (χ2n) is 6.82. The van der Waals surface area contributed by atoms with Gasteiger partial charge in [0.15, 0.2) is 0 Å². The lowest BCUT2D eigenvalue weighted by atomic mass is 9.95. The molecule has 0 saturated heterocycles. The Bertz CT molecular complexity index is 462. The van der Waals surface area contributed by atoms with Crippen LogP contribution in [0.4, 0.5) is 11.6 Å². The van der Waals surface area contributed by atoms with E-state index in [9.17, 15) is 0 Å². The summed E-state index contributed by atoms with van der Waals surface area (Å²) in [6.45, 7) is 10.6. The van der Waals surface area contributed by atoms with Gasteiger partial charge in [-0.3, -0.25) is 0 Å². The van der Waals surface area contributed by atoms with Gasteiger partial charge in [-0.15, -0.1) is 0 Å². The van der Waals surface area contributed by atoms with Crippen LogP contribution < -0.4 is 11.1 Å². The van der Waals surface area contributed by atoms with Gasteiger partial charge in [0.2, 0.25) is 0 Å². The summed E-state index contributed by atoms with van der Waals surface area (Å²) in [5.41, 5.74) is 6.92. The van der Waals surface area contributed by atoms with E-state index in [4.69, 9.17) is 10.7 Å². The van der Waals surface area contributed by atoms with E-state index < -0.39 is 0 Å². The van der Waals surface area contributed by atoms with Crippen LogP contribution in [0.25, 0.3) is 0 Å². The molecule has 3 N–H and O–H groups in total. The van der Waals surface area contributed by atoms with E-state index >= 15 is 0 Å². The summed E-state index contributed by atoms with van der Waals surface area (Å²) in [6, 6.07) is 0.515. The Morgan fingerprint density at radius 2 is 1.89 bits per heavy atom. The number of nitrogens with two attached hydrogens (primary N) is 1. The minimum Gasteiger partial charge on any atom is -0.383 e. The lowest BCUT2D eigenvalue weighted by Crippen LogP contribution is -2.25. The molecule has 1 fully saturated rings. The monoisotopic (exact) mass is 262 g/mol. The van der Waals surface area contributed by atoms with Gasteiger partial charge in [0.05, 0.1) is 0 Å². The summed E-state index contributed by atoms with van der Waals surface area (Å²) in [7, 11) is 0. The summed E-state index contributed by atoms with van der Waals surface area (Å²) in [4.78, 5) is 9.12. The predicted octanol–water partition coefficient (Wildman–Crippen LogP) is 3.27. The van der Waals surface area contributed by atoms with E-state index in [2.05, 4.69) is 38.0 Å². The van der Waals surface area contributed by atoms with Crippen molar-refractivity contribution >= 4 is 11.6 Å². The van der Waals surface area contributed by atoms with E-state index in [0.717, 1.165) is 17.2 Å². The van der Waals surface area contributed by atoms with Crippen molar-refractivity contribution in [3.8, 4) is 0 Å². The summed E-state index contributed by atoms with van der Waals surface area (Å²) in [5.74, 6) is 3.02. The van der Waals surface area contributed by atoms with Crippen molar-refractivity contribution < 1.29 is 0 Å². The van der Waals surface area contributed by atoms with Gasteiger partial charge in [-0.05, 0) is 25.7 Å². The van der Waals surface area contributed by atoms with E-state index in [1.165, 1.54) is 19.3 Å². The molecule has 0 spiro atoms. The molecule has 4 heteroatoms. The second-order valence-corrected chi connectivity index (χ2v) is 6.82. The highest BCUT2D eigenvalue weighted by Gasteiger charge is 2.26. The molecule has 1 saturated carbocycles. The van der Waals surface area contributed by atoms with Gasteiger partial charge in [-0.1, -0.05) is 34.1 Å². The number of nitrogen functional groups attached to an aromatic ring is 1. The van der Waals surface area contributed by atoms with Gasteiger partial charge in [0.1, 0.15) is 17.5 Å². The first-order valence-electron chi connectivity index (χ1n) is 7.20. The number of nitrogens with one attached hydrogen (secondary N) is 1. The topological polar surface area (TPSA) is 63.8 Å². The van der Waals surface area contributed by atoms with Crippen LogP contribution in [0.5, 0.6) is 0 Å². The van der Waals surface area contributed by atoms with Crippen LogP contribution in [0.15, 0.2) is 0 Å². The molecule has 2 rings (SSSR count). The second kappa shape index (κ2) is 4.99. The van der Waals surface area contributed by atoms with Crippen molar-refractivity contribution in [3.05, 3.63) is 11.4 Å². The Balaban J connectivity index is 2.31. The first kappa shape index (κ1) is 14.1. The number of aromatic nitrogens is 2. The van der Waals surface area contributed by atoms with Crippen molar-refractivity contribution in [2.75, 3.05) is 11.1 Å². The molecule has 0 amide bonds. The largest absolute Gasteiger partial charge is 0.383 e. The predicted molar refractivity (Wildman–Crippen MR) is 80.3 cm³/mol. The summed E-state index contributed by atoms with van der Waals surface area (Å²) in [6.07, 6.45) is 3.81. The van der Waals surface area contributed by atoms with Crippen LogP contribution in [0.1, 0.15) is 58.3 Å². The standard InChI is InChI=1S/C15H26N4/c1-9-7-6-8-11(9)17-13-10(2)12(16)18-14(19-13)15(3,4)5/h9,11H,6-8H2,1-5H3,(H3,16,17,18,19). The molecule has 1 aliphatic rings. The fraction of sp³-hybridized carbons (Fsp3) is 0.733. The van der Waals surface area contributed by atoms with Crippen molar-refractivity contribution in [1.82, 2.24) is 9.97 Å². The number of nitrogens with zero attached hydrogens (tertiary/aromatic N) is 2. The van der Waals surface area contributed by atoms with Gasteiger partial charge in [0.25, 0.3) is 0 Å². The molecule has 1 aliphatic carbocycles. The van der Waals surface area contributed by atoms with Crippen molar-refractivity contribution in [2.45, 2.75) is 65.3 Å². The summed E-state index contributed by atoms with van der Waals surface area (Å²) < 4.78 is 0. The Morgan fingerprint density at radius 3 is 2.42 bits per heavy atom.